The van der Waals surface area contributed by atoms with Gasteiger partial charge in [-0.3, -0.25) is 10.3 Å². The summed E-state index contributed by atoms with van der Waals surface area (Å²) in [6.45, 7) is 5.90. The van der Waals surface area contributed by atoms with E-state index in [4.69, 9.17) is 10.2 Å². The highest BCUT2D eigenvalue weighted by atomic mass is 16.3. The zero-order chi connectivity index (χ0) is 24.5. The molecule has 0 aromatic carbocycles. The number of allylic oxidation sites excluding steroid dienone is 6. The Kier molecular flexibility index (Phi) is 8.11. The van der Waals surface area contributed by atoms with Crippen molar-refractivity contribution in [3.05, 3.63) is 72.8 Å². The molecule has 0 fully saturated rings. The second kappa shape index (κ2) is 11.4. The van der Waals surface area contributed by atoms with Gasteiger partial charge in [0.25, 0.3) is 0 Å². The summed E-state index contributed by atoms with van der Waals surface area (Å²) in [7, 11) is 1.61. The third-order valence-corrected chi connectivity index (χ3v) is 4.62. The summed E-state index contributed by atoms with van der Waals surface area (Å²) >= 11 is 0. The Morgan fingerprint density at radius 2 is 2.18 bits per heavy atom. The van der Waals surface area contributed by atoms with Gasteiger partial charge < -0.3 is 15.5 Å². The Morgan fingerprint density at radius 1 is 1.35 bits per heavy atom. The molecule has 0 radical (unpaired) electrons. The van der Waals surface area contributed by atoms with Crippen LogP contribution in [0, 0.1) is 0 Å². The quantitative estimate of drug-likeness (QED) is 0.276. The van der Waals surface area contributed by atoms with Crippen LogP contribution < -0.4 is 16.4 Å². The van der Waals surface area contributed by atoms with Crippen LogP contribution in [-0.4, -0.2) is 38.5 Å². The second-order valence-electron chi connectivity index (χ2n) is 7.44. The van der Waals surface area contributed by atoms with E-state index in [0.29, 0.717) is 22.9 Å². The molecule has 0 aliphatic heterocycles. The summed E-state index contributed by atoms with van der Waals surface area (Å²) < 4.78 is 7.21. The van der Waals surface area contributed by atoms with Crippen molar-refractivity contribution >= 4 is 28.8 Å². The molecule has 0 saturated carbocycles. The van der Waals surface area contributed by atoms with E-state index in [9.17, 15) is 4.79 Å². The minimum absolute atomic E-state index is 0.332. The number of oxazole rings is 1. The van der Waals surface area contributed by atoms with Crippen LogP contribution in [0.2, 0.25) is 0 Å². The first kappa shape index (κ1) is 24.2. The first-order valence-electron chi connectivity index (χ1n) is 10.7. The van der Waals surface area contributed by atoms with Crippen LogP contribution in [-0.2, 0) is 0 Å². The molecule has 0 unspecified atom stereocenters. The molecule has 4 N–H and O–H groups in total. The standard InChI is InChI=1S/C24H28N8O2/c1-5-6-8-17(9-7-10-28-24(33)31-20(26-4)11-16(2)3)21-18(19-12-27-15-34-19)13-32-22(21)23(25)29-14-30-32/h6-15H,5H2,1-4H3,(H2,25,29,30)(H2,26,28,31,33)/b8-6-,10-7+,17-9+. The van der Waals surface area contributed by atoms with Crippen molar-refractivity contribution in [1.82, 2.24) is 30.2 Å². The monoisotopic (exact) mass is 460 g/mol. The van der Waals surface area contributed by atoms with E-state index < -0.39 is 6.03 Å². The molecule has 0 aliphatic carbocycles. The Balaban J connectivity index is 1.95. The number of hydrogen-bond donors (Lipinski definition) is 3. The first-order valence-corrected chi connectivity index (χ1v) is 10.7. The van der Waals surface area contributed by atoms with Crippen molar-refractivity contribution in [3.8, 4) is 11.3 Å². The highest BCUT2D eigenvalue weighted by molar-refractivity contribution is 6.04. The van der Waals surface area contributed by atoms with E-state index in [1.54, 1.807) is 29.9 Å². The molecule has 3 aromatic heterocycles. The van der Waals surface area contributed by atoms with Gasteiger partial charge in [-0.2, -0.15) is 5.10 Å². The van der Waals surface area contributed by atoms with Gasteiger partial charge in [0.05, 0.1) is 6.20 Å². The van der Waals surface area contributed by atoms with Gasteiger partial charge in [0, 0.05) is 30.6 Å². The first-order chi connectivity index (χ1) is 16.4. The molecule has 10 nitrogen and oxygen atoms in total. The normalized spacial score (nSPS) is 12.6. The van der Waals surface area contributed by atoms with Crippen molar-refractivity contribution in [2.24, 2.45) is 4.99 Å². The summed E-state index contributed by atoms with van der Waals surface area (Å²) in [5.74, 6) is 1.38. The Hall–Kier alpha value is -4.47. The molecule has 0 spiro atoms. The summed E-state index contributed by atoms with van der Waals surface area (Å²) in [6, 6.07) is -0.400. The SMILES string of the molecule is CC\C=C/C(=C\C=C\NC(=O)NC(C=C(C)C)=NC)c1c(-c2cnco2)cn2ncnc(N)c12. The fourth-order valence-corrected chi connectivity index (χ4v) is 3.19. The summed E-state index contributed by atoms with van der Waals surface area (Å²) in [4.78, 5) is 24.4. The number of nitrogen functional groups attached to an aromatic ring is 1. The number of nitrogens with zero attached hydrogens (tertiary/aromatic N) is 5. The average molecular weight is 461 g/mol. The number of hydrogen-bond acceptors (Lipinski definition) is 7. The van der Waals surface area contributed by atoms with Crippen LogP contribution in [0.1, 0.15) is 32.8 Å². The number of fused-ring (bicyclic) bond motifs is 1. The Bertz CT molecular complexity index is 1290. The van der Waals surface area contributed by atoms with E-state index in [1.165, 1.54) is 18.9 Å². The number of carbonyl (C=O) groups is 1. The maximum absolute atomic E-state index is 12.2. The zero-order valence-electron chi connectivity index (χ0n) is 19.6. The lowest BCUT2D eigenvalue weighted by Crippen LogP contribution is -2.36. The highest BCUT2D eigenvalue weighted by Crippen LogP contribution is 2.36. The third-order valence-electron chi connectivity index (χ3n) is 4.62. The molecule has 0 bridgehead atoms. The molecule has 10 heteroatoms. The Labute approximate surface area is 197 Å². The third kappa shape index (κ3) is 5.85. The van der Waals surface area contributed by atoms with Crippen LogP contribution >= 0.6 is 0 Å². The number of rotatable bonds is 7. The van der Waals surface area contributed by atoms with Gasteiger partial charge in [0.15, 0.2) is 18.0 Å². The van der Waals surface area contributed by atoms with Gasteiger partial charge in [-0.15, -0.1) is 0 Å². The summed E-state index contributed by atoms with van der Waals surface area (Å²) in [5.41, 5.74) is 10.3. The molecular formula is C24H28N8O2. The number of amidine groups is 1. The number of aromatic nitrogens is 4. The molecule has 3 aromatic rings. The smallest absolute Gasteiger partial charge is 0.324 e. The number of nitrogens with one attached hydrogen (secondary N) is 2. The van der Waals surface area contributed by atoms with E-state index in [0.717, 1.165) is 28.7 Å². The molecule has 0 saturated heterocycles. The van der Waals surface area contributed by atoms with Crippen LogP contribution in [0.4, 0.5) is 10.6 Å². The lowest BCUT2D eigenvalue weighted by molar-refractivity contribution is 0.248. The van der Waals surface area contributed by atoms with Crippen LogP contribution in [0.5, 0.6) is 0 Å². The summed E-state index contributed by atoms with van der Waals surface area (Å²) in [5, 5.41) is 9.65. The number of aliphatic imine (C=N–C) groups is 1. The van der Waals surface area contributed by atoms with Crippen molar-refractivity contribution < 1.29 is 9.21 Å². The van der Waals surface area contributed by atoms with Gasteiger partial charge >= 0.3 is 6.03 Å². The van der Waals surface area contributed by atoms with Crippen molar-refractivity contribution in [3.63, 3.8) is 0 Å². The van der Waals surface area contributed by atoms with Crippen LogP contribution in [0.15, 0.2) is 76.7 Å². The highest BCUT2D eigenvalue weighted by Gasteiger charge is 2.20. The fourth-order valence-electron chi connectivity index (χ4n) is 3.19. The number of anilines is 1. The molecule has 3 rings (SSSR count). The van der Waals surface area contributed by atoms with Gasteiger partial charge in [0.1, 0.15) is 17.7 Å². The van der Waals surface area contributed by atoms with Crippen molar-refractivity contribution in [2.45, 2.75) is 27.2 Å². The van der Waals surface area contributed by atoms with E-state index >= 15 is 0 Å². The van der Waals surface area contributed by atoms with Crippen molar-refractivity contribution in [1.29, 1.82) is 0 Å². The number of amides is 2. The average Bonchev–Trinajstić information content (AvgIpc) is 3.46. The largest absolute Gasteiger partial charge is 0.443 e. The predicted octanol–water partition coefficient (Wildman–Crippen LogP) is 4.12. The lowest BCUT2D eigenvalue weighted by Gasteiger charge is -2.06. The van der Waals surface area contributed by atoms with E-state index in [1.807, 2.05) is 45.2 Å². The second-order valence-corrected chi connectivity index (χ2v) is 7.44. The molecule has 0 aliphatic rings. The molecule has 0 atom stereocenters. The lowest BCUT2D eigenvalue weighted by atomic mass is 10.00. The summed E-state index contributed by atoms with van der Waals surface area (Å²) in [6.07, 6.45) is 18.0. The molecule has 176 valence electrons. The zero-order valence-corrected chi connectivity index (χ0v) is 19.6. The van der Waals surface area contributed by atoms with Gasteiger partial charge in [-0.25, -0.2) is 19.3 Å². The van der Waals surface area contributed by atoms with Gasteiger partial charge in [-0.05, 0) is 38.0 Å². The minimum Gasteiger partial charge on any atom is -0.443 e. The predicted molar refractivity (Wildman–Crippen MR) is 134 cm³/mol. The minimum atomic E-state index is -0.400. The maximum Gasteiger partial charge on any atom is 0.324 e. The number of carbonyl (C=O) groups excluding carboxylic acids is 1. The fraction of sp³-hybridized carbons (Fsp3) is 0.208. The van der Waals surface area contributed by atoms with Gasteiger partial charge in [0.2, 0.25) is 0 Å². The van der Waals surface area contributed by atoms with Crippen LogP contribution in [0.25, 0.3) is 22.4 Å². The topological polar surface area (TPSA) is 136 Å². The Morgan fingerprint density at radius 3 is 2.85 bits per heavy atom. The van der Waals surface area contributed by atoms with Crippen LogP contribution in [0.3, 0.4) is 0 Å². The van der Waals surface area contributed by atoms with E-state index in [-0.39, 0.29) is 0 Å². The molecule has 3 heterocycles. The number of nitrogens with two attached hydrogens (primary N) is 1. The van der Waals surface area contributed by atoms with Gasteiger partial charge in [-0.1, -0.05) is 30.7 Å². The van der Waals surface area contributed by atoms with Crippen molar-refractivity contribution in [2.75, 3.05) is 12.8 Å². The van der Waals surface area contributed by atoms with E-state index in [2.05, 4.69) is 30.7 Å². The molecule has 34 heavy (non-hydrogen) atoms. The number of urea groups is 1. The molecule has 2 amide bonds. The molecular weight excluding hydrogens is 432 g/mol. The maximum atomic E-state index is 12.2.